The molecule has 0 amide bonds. The standard InChI is InChI=1S/C11H16ClN3O/c1-2-16-9-4-3-5-15(7-9)11-10(12)6-13-8-14-11/h6,8-9H,2-5,7H2,1H3. The number of piperidine rings is 1. The van der Waals surface area contributed by atoms with Crippen LogP contribution in [0, 0.1) is 0 Å². The molecule has 0 bridgehead atoms. The van der Waals surface area contributed by atoms with Gasteiger partial charge in [-0.15, -0.1) is 0 Å². The molecule has 1 aliphatic heterocycles. The lowest BCUT2D eigenvalue weighted by atomic mass is 10.1. The van der Waals surface area contributed by atoms with Gasteiger partial charge < -0.3 is 9.64 Å². The highest BCUT2D eigenvalue weighted by atomic mass is 35.5. The highest BCUT2D eigenvalue weighted by Gasteiger charge is 2.22. The Labute approximate surface area is 101 Å². The Hall–Kier alpha value is -0.870. The molecule has 1 aromatic heterocycles. The molecule has 1 atom stereocenters. The van der Waals surface area contributed by atoms with Crippen LogP contribution in [-0.4, -0.2) is 35.8 Å². The zero-order chi connectivity index (χ0) is 11.4. The van der Waals surface area contributed by atoms with Gasteiger partial charge in [-0.1, -0.05) is 11.6 Å². The molecule has 1 aromatic rings. The molecule has 88 valence electrons. The molecule has 1 aliphatic rings. The Kier molecular flexibility index (Phi) is 3.96. The summed E-state index contributed by atoms with van der Waals surface area (Å²) in [5, 5.41) is 0.611. The van der Waals surface area contributed by atoms with E-state index >= 15 is 0 Å². The maximum Gasteiger partial charge on any atom is 0.150 e. The van der Waals surface area contributed by atoms with Crippen LogP contribution in [0.3, 0.4) is 0 Å². The molecule has 2 rings (SSSR count). The number of aromatic nitrogens is 2. The molecule has 0 N–H and O–H groups in total. The van der Waals surface area contributed by atoms with E-state index in [0.29, 0.717) is 11.1 Å². The van der Waals surface area contributed by atoms with E-state index in [0.717, 1.165) is 38.4 Å². The van der Waals surface area contributed by atoms with Crippen LogP contribution < -0.4 is 4.90 Å². The Morgan fingerprint density at radius 2 is 2.50 bits per heavy atom. The third-order valence-corrected chi connectivity index (χ3v) is 2.99. The largest absolute Gasteiger partial charge is 0.377 e. The maximum absolute atomic E-state index is 6.07. The van der Waals surface area contributed by atoms with Crippen LogP contribution in [0.15, 0.2) is 12.5 Å². The van der Waals surface area contributed by atoms with Gasteiger partial charge in [0.25, 0.3) is 0 Å². The summed E-state index contributed by atoms with van der Waals surface area (Å²) in [6, 6.07) is 0. The van der Waals surface area contributed by atoms with Crippen molar-refractivity contribution in [3.05, 3.63) is 17.5 Å². The first kappa shape index (κ1) is 11.6. The van der Waals surface area contributed by atoms with Gasteiger partial charge in [0, 0.05) is 19.7 Å². The summed E-state index contributed by atoms with van der Waals surface area (Å²) in [5.41, 5.74) is 0. The van der Waals surface area contributed by atoms with E-state index in [2.05, 4.69) is 14.9 Å². The van der Waals surface area contributed by atoms with E-state index in [1.165, 1.54) is 6.33 Å². The molecule has 2 heterocycles. The van der Waals surface area contributed by atoms with E-state index in [1.807, 2.05) is 6.92 Å². The first-order valence-electron chi connectivity index (χ1n) is 5.63. The molecule has 0 aliphatic carbocycles. The molecular formula is C11H16ClN3O. The third-order valence-electron chi connectivity index (χ3n) is 2.73. The number of hydrogen-bond donors (Lipinski definition) is 0. The third kappa shape index (κ3) is 2.62. The van der Waals surface area contributed by atoms with Gasteiger partial charge in [0.2, 0.25) is 0 Å². The smallest absolute Gasteiger partial charge is 0.150 e. The number of halogens is 1. The molecule has 16 heavy (non-hydrogen) atoms. The number of ether oxygens (including phenoxy) is 1. The predicted molar refractivity (Wildman–Crippen MR) is 63.9 cm³/mol. The normalized spacial score (nSPS) is 21.1. The molecule has 0 saturated carbocycles. The fraction of sp³-hybridized carbons (Fsp3) is 0.636. The number of anilines is 1. The molecule has 0 spiro atoms. The van der Waals surface area contributed by atoms with Crippen LogP contribution in [0.5, 0.6) is 0 Å². The van der Waals surface area contributed by atoms with Crippen LogP contribution in [0.1, 0.15) is 19.8 Å². The van der Waals surface area contributed by atoms with E-state index in [1.54, 1.807) is 6.20 Å². The van der Waals surface area contributed by atoms with Crippen molar-refractivity contribution < 1.29 is 4.74 Å². The summed E-state index contributed by atoms with van der Waals surface area (Å²) in [4.78, 5) is 10.3. The molecule has 4 nitrogen and oxygen atoms in total. The first-order valence-corrected chi connectivity index (χ1v) is 6.01. The molecule has 5 heteroatoms. The fourth-order valence-corrected chi connectivity index (χ4v) is 2.27. The van der Waals surface area contributed by atoms with Crippen LogP contribution in [0.25, 0.3) is 0 Å². The highest BCUT2D eigenvalue weighted by molar-refractivity contribution is 6.32. The second kappa shape index (κ2) is 5.46. The lowest BCUT2D eigenvalue weighted by Crippen LogP contribution is -2.40. The maximum atomic E-state index is 6.07. The minimum Gasteiger partial charge on any atom is -0.377 e. The molecular weight excluding hydrogens is 226 g/mol. The fourth-order valence-electron chi connectivity index (χ4n) is 2.04. The van der Waals surface area contributed by atoms with Crippen LogP contribution >= 0.6 is 11.6 Å². The van der Waals surface area contributed by atoms with Gasteiger partial charge in [0.05, 0.1) is 12.3 Å². The van der Waals surface area contributed by atoms with Gasteiger partial charge in [0.1, 0.15) is 11.3 Å². The second-order valence-corrected chi connectivity index (χ2v) is 4.27. The Morgan fingerprint density at radius 1 is 1.62 bits per heavy atom. The molecule has 0 aromatic carbocycles. The van der Waals surface area contributed by atoms with E-state index in [-0.39, 0.29) is 0 Å². The van der Waals surface area contributed by atoms with Gasteiger partial charge >= 0.3 is 0 Å². The van der Waals surface area contributed by atoms with E-state index < -0.39 is 0 Å². The lowest BCUT2D eigenvalue weighted by Gasteiger charge is -2.33. The van der Waals surface area contributed by atoms with Gasteiger partial charge in [0.15, 0.2) is 5.82 Å². The number of hydrogen-bond acceptors (Lipinski definition) is 4. The van der Waals surface area contributed by atoms with Crippen molar-refractivity contribution in [2.75, 3.05) is 24.6 Å². The summed E-state index contributed by atoms with van der Waals surface area (Å²) < 4.78 is 5.65. The molecule has 0 radical (unpaired) electrons. The van der Waals surface area contributed by atoms with Gasteiger partial charge in [-0.05, 0) is 19.8 Å². The van der Waals surface area contributed by atoms with Crippen LogP contribution in [0.2, 0.25) is 5.02 Å². The lowest BCUT2D eigenvalue weighted by molar-refractivity contribution is 0.0525. The van der Waals surface area contributed by atoms with Gasteiger partial charge in [-0.25, -0.2) is 9.97 Å². The Balaban J connectivity index is 2.07. The first-order chi connectivity index (χ1) is 7.81. The summed E-state index contributed by atoms with van der Waals surface area (Å²) in [6.45, 7) is 4.64. The van der Waals surface area contributed by atoms with Crippen molar-refractivity contribution in [1.29, 1.82) is 0 Å². The summed E-state index contributed by atoms with van der Waals surface area (Å²) in [6.07, 6.45) is 5.70. The summed E-state index contributed by atoms with van der Waals surface area (Å²) >= 11 is 6.07. The predicted octanol–water partition coefficient (Wildman–Crippen LogP) is 2.14. The molecule has 1 saturated heterocycles. The average Bonchev–Trinajstić information content (AvgIpc) is 2.30. The zero-order valence-corrected chi connectivity index (χ0v) is 10.2. The monoisotopic (exact) mass is 241 g/mol. The number of rotatable bonds is 3. The average molecular weight is 242 g/mol. The topological polar surface area (TPSA) is 38.2 Å². The SMILES string of the molecule is CCOC1CCCN(c2ncncc2Cl)C1. The van der Waals surface area contributed by atoms with Crippen molar-refractivity contribution in [2.24, 2.45) is 0 Å². The van der Waals surface area contributed by atoms with Crippen molar-refractivity contribution in [1.82, 2.24) is 9.97 Å². The quantitative estimate of drug-likeness (QED) is 0.813. The van der Waals surface area contributed by atoms with E-state index in [4.69, 9.17) is 16.3 Å². The van der Waals surface area contributed by atoms with Crippen molar-refractivity contribution >= 4 is 17.4 Å². The van der Waals surface area contributed by atoms with Crippen molar-refractivity contribution in [3.8, 4) is 0 Å². The van der Waals surface area contributed by atoms with Gasteiger partial charge in [-0.3, -0.25) is 0 Å². The van der Waals surface area contributed by atoms with Crippen molar-refractivity contribution in [3.63, 3.8) is 0 Å². The second-order valence-electron chi connectivity index (χ2n) is 3.86. The minimum atomic E-state index is 0.296. The van der Waals surface area contributed by atoms with Crippen molar-refractivity contribution in [2.45, 2.75) is 25.9 Å². The van der Waals surface area contributed by atoms with E-state index in [9.17, 15) is 0 Å². The summed E-state index contributed by atoms with van der Waals surface area (Å²) in [7, 11) is 0. The zero-order valence-electron chi connectivity index (χ0n) is 9.40. The van der Waals surface area contributed by atoms with Crippen LogP contribution in [0.4, 0.5) is 5.82 Å². The molecule has 1 unspecified atom stereocenters. The summed E-state index contributed by atoms with van der Waals surface area (Å²) in [5.74, 6) is 0.820. The minimum absolute atomic E-state index is 0.296. The molecule has 1 fully saturated rings. The Morgan fingerprint density at radius 3 is 3.25 bits per heavy atom. The highest BCUT2D eigenvalue weighted by Crippen LogP contribution is 2.25. The van der Waals surface area contributed by atoms with Gasteiger partial charge in [-0.2, -0.15) is 0 Å². The number of nitrogens with zero attached hydrogens (tertiary/aromatic N) is 3. The van der Waals surface area contributed by atoms with Crippen LogP contribution in [-0.2, 0) is 4.74 Å². The Bertz CT molecular complexity index is 346.